The molecule has 0 aliphatic carbocycles. The zero-order valence-electron chi connectivity index (χ0n) is 16.0. The van der Waals surface area contributed by atoms with Crippen LogP contribution in [0.25, 0.3) is 0 Å². The van der Waals surface area contributed by atoms with Gasteiger partial charge >= 0.3 is 5.97 Å². The SMILES string of the molecule is CC1=CC(=O)O/C1=C\COCc1ccc(CO[Si](C)(C)C(C)(C)C)o1. The molecule has 0 atom stereocenters. The van der Waals surface area contributed by atoms with E-state index < -0.39 is 8.32 Å². The van der Waals surface area contributed by atoms with Gasteiger partial charge in [0.15, 0.2) is 8.32 Å². The largest absolute Gasteiger partial charge is 0.461 e. The first-order chi connectivity index (χ1) is 11.6. The summed E-state index contributed by atoms with van der Waals surface area (Å²) in [5.41, 5.74) is 0.816. The number of hydrogen-bond acceptors (Lipinski definition) is 5. The molecular weight excluding hydrogens is 336 g/mol. The second-order valence-electron chi connectivity index (χ2n) is 7.75. The Kier molecular flexibility index (Phi) is 6.08. The van der Waals surface area contributed by atoms with E-state index >= 15 is 0 Å². The fraction of sp³-hybridized carbons (Fsp3) is 0.526. The summed E-state index contributed by atoms with van der Waals surface area (Å²) in [5.74, 6) is 1.79. The Labute approximate surface area is 150 Å². The Hall–Kier alpha value is -1.63. The third-order valence-electron chi connectivity index (χ3n) is 4.66. The third-order valence-corrected chi connectivity index (χ3v) is 9.14. The second-order valence-corrected chi connectivity index (χ2v) is 12.6. The molecule has 1 aromatic rings. The number of hydrogen-bond donors (Lipinski definition) is 0. The van der Waals surface area contributed by atoms with E-state index in [4.69, 9.17) is 18.3 Å². The van der Waals surface area contributed by atoms with Crippen LogP contribution in [0.5, 0.6) is 0 Å². The summed E-state index contributed by atoms with van der Waals surface area (Å²) in [7, 11) is -1.78. The Bertz CT molecular complexity index is 676. The minimum absolute atomic E-state index is 0.176. The molecule has 1 aliphatic rings. The van der Waals surface area contributed by atoms with E-state index in [1.165, 1.54) is 6.08 Å². The Balaban J connectivity index is 1.77. The van der Waals surface area contributed by atoms with Crippen LogP contribution in [0.3, 0.4) is 0 Å². The maximum absolute atomic E-state index is 11.1. The molecule has 0 amide bonds. The molecular formula is C19H28O5Si. The van der Waals surface area contributed by atoms with Crippen LogP contribution in [0.1, 0.15) is 39.2 Å². The van der Waals surface area contributed by atoms with Gasteiger partial charge in [0.1, 0.15) is 23.9 Å². The zero-order valence-corrected chi connectivity index (χ0v) is 17.0. The average Bonchev–Trinajstić information content (AvgIpc) is 3.07. The van der Waals surface area contributed by atoms with Crippen LogP contribution in [-0.4, -0.2) is 20.9 Å². The molecule has 2 heterocycles. The van der Waals surface area contributed by atoms with Gasteiger partial charge in [-0.1, -0.05) is 20.8 Å². The average molecular weight is 365 g/mol. The predicted molar refractivity (Wildman–Crippen MR) is 98.3 cm³/mol. The molecule has 0 bridgehead atoms. The number of ether oxygens (including phenoxy) is 2. The van der Waals surface area contributed by atoms with Gasteiger partial charge in [0, 0.05) is 6.08 Å². The number of furan rings is 1. The van der Waals surface area contributed by atoms with E-state index in [2.05, 4.69) is 33.9 Å². The van der Waals surface area contributed by atoms with Gasteiger partial charge in [-0.2, -0.15) is 0 Å². The van der Waals surface area contributed by atoms with Crippen molar-refractivity contribution >= 4 is 14.3 Å². The highest BCUT2D eigenvalue weighted by Crippen LogP contribution is 2.37. The molecule has 25 heavy (non-hydrogen) atoms. The second kappa shape index (κ2) is 7.72. The smallest absolute Gasteiger partial charge is 0.336 e. The van der Waals surface area contributed by atoms with Crippen molar-refractivity contribution in [1.29, 1.82) is 0 Å². The van der Waals surface area contributed by atoms with E-state index in [9.17, 15) is 4.79 Å². The molecule has 1 aromatic heterocycles. The summed E-state index contributed by atoms with van der Waals surface area (Å²) < 4.78 is 22.5. The minimum atomic E-state index is -1.78. The fourth-order valence-corrected chi connectivity index (χ4v) is 2.94. The first kappa shape index (κ1) is 19.7. The molecule has 0 spiro atoms. The van der Waals surface area contributed by atoms with Gasteiger partial charge in [-0.3, -0.25) is 0 Å². The molecule has 138 valence electrons. The summed E-state index contributed by atoms with van der Waals surface area (Å²) in [6, 6.07) is 3.83. The lowest BCUT2D eigenvalue weighted by molar-refractivity contribution is -0.132. The number of esters is 1. The third kappa shape index (κ3) is 5.42. The minimum Gasteiger partial charge on any atom is -0.461 e. The lowest BCUT2D eigenvalue weighted by atomic mass is 10.2. The van der Waals surface area contributed by atoms with Crippen molar-refractivity contribution in [3.8, 4) is 0 Å². The maximum atomic E-state index is 11.1. The standard InChI is InChI=1S/C19H28O5Si/c1-14-11-18(20)24-17(14)9-10-21-12-15-7-8-16(23-15)13-22-25(5,6)19(2,3)4/h7-9,11H,10,12-13H2,1-6H3/b17-9-. The van der Waals surface area contributed by atoms with E-state index in [1.54, 1.807) is 6.08 Å². The molecule has 5 nitrogen and oxygen atoms in total. The van der Waals surface area contributed by atoms with Gasteiger partial charge in [0.25, 0.3) is 0 Å². The zero-order chi connectivity index (χ0) is 18.7. The van der Waals surface area contributed by atoms with Crippen LogP contribution in [0.4, 0.5) is 0 Å². The van der Waals surface area contributed by atoms with E-state index in [0.717, 1.165) is 17.1 Å². The monoisotopic (exact) mass is 364 g/mol. The van der Waals surface area contributed by atoms with Gasteiger partial charge in [0.2, 0.25) is 0 Å². The lowest BCUT2D eigenvalue weighted by Crippen LogP contribution is -2.40. The Morgan fingerprint density at radius 1 is 1.16 bits per heavy atom. The highest BCUT2D eigenvalue weighted by atomic mass is 28.4. The number of cyclic esters (lactones) is 1. The van der Waals surface area contributed by atoms with Crippen molar-refractivity contribution in [3.05, 3.63) is 47.1 Å². The molecule has 6 heteroatoms. The number of carbonyl (C=O) groups is 1. The van der Waals surface area contributed by atoms with Crippen molar-refractivity contribution < 1.29 is 23.1 Å². The molecule has 0 saturated heterocycles. The topological polar surface area (TPSA) is 57.9 Å². The quantitative estimate of drug-likeness (QED) is 0.398. The molecule has 1 aliphatic heterocycles. The first-order valence-corrected chi connectivity index (χ1v) is 11.4. The van der Waals surface area contributed by atoms with Gasteiger partial charge in [-0.25, -0.2) is 4.79 Å². The summed E-state index contributed by atoms with van der Waals surface area (Å²) in [6.07, 6.45) is 3.22. The summed E-state index contributed by atoms with van der Waals surface area (Å²) in [4.78, 5) is 11.1. The van der Waals surface area contributed by atoms with Crippen LogP contribution in [0.2, 0.25) is 18.1 Å². The molecule has 0 fully saturated rings. The van der Waals surface area contributed by atoms with Gasteiger partial charge in [0.05, 0.1) is 13.2 Å². The van der Waals surface area contributed by atoms with Crippen LogP contribution in [0.15, 0.2) is 40.0 Å². The van der Waals surface area contributed by atoms with Gasteiger partial charge in [-0.05, 0) is 48.8 Å². The summed E-state index contributed by atoms with van der Waals surface area (Å²) in [6.45, 7) is 14.1. The normalized spacial score (nSPS) is 17.1. The molecule has 0 aromatic carbocycles. The van der Waals surface area contributed by atoms with Crippen LogP contribution >= 0.6 is 0 Å². The maximum Gasteiger partial charge on any atom is 0.336 e. The number of carbonyl (C=O) groups excluding carboxylic acids is 1. The number of allylic oxidation sites excluding steroid dienone is 1. The van der Waals surface area contributed by atoms with Crippen molar-refractivity contribution in [2.75, 3.05) is 6.61 Å². The van der Waals surface area contributed by atoms with Crippen LogP contribution in [0, 0.1) is 0 Å². The van der Waals surface area contributed by atoms with Crippen LogP contribution < -0.4 is 0 Å². The summed E-state index contributed by atoms with van der Waals surface area (Å²) >= 11 is 0. The lowest BCUT2D eigenvalue weighted by Gasteiger charge is -2.35. The predicted octanol–water partition coefficient (Wildman–Crippen LogP) is 4.71. The highest BCUT2D eigenvalue weighted by Gasteiger charge is 2.37. The van der Waals surface area contributed by atoms with E-state index in [-0.39, 0.29) is 11.0 Å². The first-order valence-electron chi connectivity index (χ1n) is 8.48. The van der Waals surface area contributed by atoms with Crippen molar-refractivity contribution in [3.63, 3.8) is 0 Å². The Morgan fingerprint density at radius 2 is 1.80 bits per heavy atom. The van der Waals surface area contributed by atoms with Crippen molar-refractivity contribution in [2.45, 2.75) is 59.0 Å². The van der Waals surface area contributed by atoms with Crippen LogP contribution in [-0.2, 0) is 31.9 Å². The Morgan fingerprint density at radius 3 is 2.36 bits per heavy atom. The molecule has 0 N–H and O–H groups in total. The van der Waals surface area contributed by atoms with Crippen molar-refractivity contribution in [1.82, 2.24) is 0 Å². The molecule has 0 unspecified atom stereocenters. The van der Waals surface area contributed by atoms with Gasteiger partial charge < -0.3 is 18.3 Å². The molecule has 0 saturated carbocycles. The molecule has 0 radical (unpaired) electrons. The van der Waals surface area contributed by atoms with Gasteiger partial charge in [-0.15, -0.1) is 0 Å². The highest BCUT2D eigenvalue weighted by molar-refractivity contribution is 6.74. The van der Waals surface area contributed by atoms with Crippen molar-refractivity contribution in [2.24, 2.45) is 0 Å². The number of rotatable bonds is 7. The van der Waals surface area contributed by atoms with E-state index in [1.807, 2.05) is 19.1 Å². The summed E-state index contributed by atoms with van der Waals surface area (Å²) in [5, 5.41) is 0.176. The fourth-order valence-electron chi connectivity index (χ4n) is 2.01. The molecule has 2 rings (SSSR count). The van der Waals surface area contributed by atoms with E-state index in [0.29, 0.717) is 25.6 Å².